The van der Waals surface area contributed by atoms with Crippen LogP contribution < -0.4 is 5.32 Å². The van der Waals surface area contributed by atoms with Crippen LogP contribution in [-0.4, -0.2) is 11.0 Å². The highest BCUT2D eigenvalue weighted by atomic mass is 19.4. The number of pyridine rings is 1. The summed E-state index contributed by atoms with van der Waals surface area (Å²) in [6.45, 7) is 4.17. The van der Waals surface area contributed by atoms with E-state index in [4.69, 9.17) is 0 Å². The van der Waals surface area contributed by atoms with Gasteiger partial charge < -0.3 is 5.32 Å². The van der Waals surface area contributed by atoms with Crippen molar-refractivity contribution in [1.29, 1.82) is 0 Å². The van der Waals surface area contributed by atoms with Crippen molar-refractivity contribution in [3.05, 3.63) is 23.9 Å². The van der Waals surface area contributed by atoms with Crippen LogP contribution in [0.25, 0.3) is 0 Å². The molecule has 1 rings (SSSR count). The van der Waals surface area contributed by atoms with E-state index in [0.717, 1.165) is 44.2 Å². The first-order chi connectivity index (χ1) is 8.97. The van der Waals surface area contributed by atoms with Crippen molar-refractivity contribution in [2.45, 2.75) is 58.2 Å². The molecule has 1 unspecified atom stereocenters. The predicted octanol–water partition coefficient (Wildman–Crippen LogP) is 4.87. The van der Waals surface area contributed by atoms with Crippen molar-refractivity contribution in [3.8, 4) is 0 Å². The van der Waals surface area contributed by atoms with Gasteiger partial charge in [-0.15, -0.1) is 0 Å². The van der Waals surface area contributed by atoms with Crippen molar-refractivity contribution >= 4 is 5.82 Å². The number of nitrogens with one attached hydrogen (secondary N) is 1. The minimum absolute atomic E-state index is 0.195. The molecule has 0 bridgehead atoms. The second-order valence-corrected chi connectivity index (χ2v) is 4.70. The van der Waals surface area contributed by atoms with E-state index >= 15 is 0 Å². The molecule has 2 nitrogen and oxygen atoms in total. The molecule has 0 aliphatic carbocycles. The number of alkyl halides is 3. The van der Waals surface area contributed by atoms with Crippen LogP contribution in [-0.2, 0) is 6.18 Å². The second-order valence-electron chi connectivity index (χ2n) is 4.70. The topological polar surface area (TPSA) is 24.9 Å². The summed E-state index contributed by atoms with van der Waals surface area (Å²) in [4.78, 5) is 3.97. The minimum Gasteiger partial charge on any atom is -0.367 e. The Morgan fingerprint density at radius 3 is 2.53 bits per heavy atom. The van der Waals surface area contributed by atoms with Crippen LogP contribution in [0.1, 0.15) is 51.5 Å². The smallest absolute Gasteiger partial charge is 0.367 e. The number of aromatic nitrogens is 1. The molecule has 108 valence electrons. The summed E-state index contributed by atoms with van der Waals surface area (Å²) in [7, 11) is 0. The first-order valence-corrected chi connectivity index (χ1v) is 6.77. The molecule has 0 saturated heterocycles. The Hall–Kier alpha value is -1.26. The van der Waals surface area contributed by atoms with E-state index in [1.165, 1.54) is 6.20 Å². The average Bonchev–Trinajstić information content (AvgIpc) is 2.35. The van der Waals surface area contributed by atoms with Gasteiger partial charge in [-0.3, -0.25) is 0 Å². The van der Waals surface area contributed by atoms with Gasteiger partial charge in [-0.1, -0.05) is 33.1 Å². The van der Waals surface area contributed by atoms with E-state index in [1.807, 2.05) is 0 Å². The summed E-state index contributed by atoms with van der Waals surface area (Å²) in [6, 6.07) is 2.27. The SMILES string of the molecule is CCCCC(CCC)Nc1cc(C(F)(F)F)ccn1. The molecule has 19 heavy (non-hydrogen) atoms. The van der Waals surface area contributed by atoms with Gasteiger partial charge >= 0.3 is 6.18 Å². The van der Waals surface area contributed by atoms with E-state index in [2.05, 4.69) is 24.1 Å². The van der Waals surface area contributed by atoms with Crippen LogP contribution in [0, 0.1) is 0 Å². The van der Waals surface area contributed by atoms with Crippen molar-refractivity contribution in [1.82, 2.24) is 4.98 Å². The zero-order valence-corrected chi connectivity index (χ0v) is 11.4. The van der Waals surface area contributed by atoms with Crippen LogP contribution >= 0.6 is 0 Å². The van der Waals surface area contributed by atoms with E-state index in [9.17, 15) is 13.2 Å². The molecule has 1 atom stereocenters. The number of hydrogen-bond donors (Lipinski definition) is 1. The summed E-state index contributed by atoms with van der Waals surface area (Å²) in [6.07, 6.45) is 1.94. The monoisotopic (exact) mass is 274 g/mol. The molecule has 1 N–H and O–H groups in total. The summed E-state index contributed by atoms with van der Waals surface area (Å²) < 4.78 is 37.8. The number of rotatable bonds is 7. The van der Waals surface area contributed by atoms with Crippen molar-refractivity contribution in [2.24, 2.45) is 0 Å². The van der Waals surface area contributed by atoms with Crippen molar-refractivity contribution < 1.29 is 13.2 Å². The van der Waals surface area contributed by atoms with Gasteiger partial charge in [0.25, 0.3) is 0 Å². The van der Waals surface area contributed by atoms with E-state index < -0.39 is 11.7 Å². The normalized spacial score (nSPS) is 13.3. The molecule has 1 aromatic heterocycles. The summed E-state index contributed by atoms with van der Waals surface area (Å²) >= 11 is 0. The number of unbranched alkanes of at least 4 members (excludes halogenated alkanes) is 1. The lowest BCUT2D eigenvalue weighted by atomic mass is 10.1. The maximum atomic E-state index is 12.6. The number of hydrogen-bond acceptors (Lipinski definition) is 2. The van der Waals surface area contributed by atoms with E-state index in [1.54, 1.807) is 0 Å². The molecule has 1 heterocycles. The van der Waals surface area contributed by atoms with Gasteiger partial charge in [0.15, 0.2) is 0 Å². The van der Waals surface area contributed by atoms with Gasteiger partial charge in [0.2, 0.25) is 0 Å². The molecule has 0 aliphatic rings. The third-order valence-electron chi connectivity index (χ3n) is 2.98. The fourth-order valence-electron chi connectivity index (χ4n) is 1.98. The van der Waals surface area contributed by atoms with E-state index in [-0.39, 0.29) is 6.04 Å². The summed E-state index contributed by atoms with van der Waals surface area (Å²) in [5.74, 6) is 0.310. The van der Waals surface area contributed by atoms with Crippen LogP contribution in [0.2, 0.25) is 0 Å². The Bertz CT molecular complexity index is 377. The third-order valence-corrected chi connectivity index (χ3v) is 2.98. The second kappa shape index (κ2) is 7.36. The molecule has 1 aromatic rings. The summed E-state index contributed by atoms with van der Waals surface area (Å²) in [5, 5.41) is 3.12. The van der Waals surface area contributed by atoms with Gasteiger partial charge in [0.05, 0.1) is 5.56 Å². The lowest BCUT2D eigenvalue weighted by molar-refractivity contribution is -0.137. The fourth-order valence-corrected chi connectivity index (χ4v) is 1.98. The highest BCUT2D eigenvalue weighted by molar-refractivity contribution is 5.39. The predicted molar refractivity (Wildman–Crippen MR) is 71.1 cm³/mol. The molecule has 0 saturated carbocycles. The van der Waals surface area contributed by atoms with Crippen LogP contribution in [0.15, 0.2) is 18.3 Å². The van der Waals surface area contributed by atoms with Crippen LogP contribution in [0.3, 0.4) is 0 Å². The Kier molecular flexibility index (Phi) is 6.12. The number of halogens is 3. The van der Waals surface area contributed by atoms with Crippen molar-refractivity contribution in [2.75, 3.05) is 5.32 Å². The van der Waals surface area contributed by atoms with Crippen molar-refractivity contribution in [3.63, 3.8) is 0 Å². The van der Waals surface area contributed by atoms with E-state index in [0.29, 0.717) is 5.82 Å². The lowest BCUT2D eigenvalue weighted by Crippen LogP contribution is -2.20. The molecule has 0 aliphatic heterocycles. The lowest BCUT2D eigenvalue weighted by Gasteiger charge is -2.19. The van der Waals surface area contributed by atoms with Gasteiger partial charge in [-0.2, -0.15) is 13.2 Å². The first-order valence-electron chi connectivity index (χ1n) is 6.77. The Morgan fingerprint density at radius 2 is 1.95 bits per heavy atom. The van der Waals surface area contributed by atoms with Gasteiger partial charge in [-0.05, 0) is 25.0 Å². The van der Waals surface area contributed by atoms with Gasteiger partial charge in [-0.25, -0.2) is 4.98 Å². The zero-order chi connectivity index (χ0) is 14.3. The largest absolute Gasteiger partial charge is 0.416 e. The molecule has 0 fully saturated rings. The van der Waals surface area contributed by atoms with Gasteiger partial charge in [0, 0.05) is 12.2 Å². The Balaban J connectivity index is 2.73. The molecular weight excluding hydrogens is 253 g/mol. The summed E-state index contributed by atoms with van der Waals surface area (Å²) in [5.41, 5.74) is -0.657. The maximum absolute atomic E-state index is 12.6. The minimum atomic E-state index is -4.32. The number of anilines is 1. The number of nitrogens with zero attached hydrogens (tertiary/aromatic N) is 1. The molecule has 0 spiro atoms. The zero-order valence-electron chi connectivity index (χ0n) is 11.4. The Morgan fingerprint density at radius 1 is 1.21 bits per heavy atom. The highest BCUT2D eigenvalue weighted by Gasteiger charge is 2.30. The molecule has 0 amide bonds. The first kappa shape index (κ1) is 15.8. The Labute approximate surface area is 112 Å². The fraction of sp³-hybridized carbons (Fsp3) is 0.643. The van der Waals surface area contributed by atoms with Crippen LogP contribution in [0.5, 0.6) is 0 Å². The third kappa shape index (κ3) is 5.49. The maximum Gasteiger partial charge on any atom is 0.416 e. The quantitative estimate of drug-likeness (QED) is 0.767. The highest BCUT2D eigenvalue weighted by Crippen LogP contribution is 2.30. The molecule has 0 radical (unpaired) electrons. The molecule has 0 aromatic carbocycles. The standard InChI is InChI=1S/C14H21F3N2/c1-3-5-7-12(6-4-2)19-13-10-11(8-9-18-13)14(15,16)17/h8-10,12H,3-7H2,1-2H3,(H,18,19). The van der Waals surface area contributed by atoms with Crippen LogP contribution in [0.4, 0.5) is 19.0 Å². The average molecular weight is 274 g/mol. The van der Waals surface area contributed by atoms with Gasteiger partial charge in [0.1, 0.15) is 5.82 Å². The molecule has 5 heteroatoms. The molecular formula is C14H21F3N2.